The minimum Gasteiger partial charge on any atom is -0.348 e. The third-order valence-electron chi connectivity index (χ3n) is 5.01. The number of anilines is 1. The Morgan fingerprint density at radius 3 is 2.19 bits per heavy atom. The molecule has 0 saturated heterocycles. The zero-order valence-electron chi connectivity index (χ0n) is 17.5. The molecule has 0 saturated carbocycles. The van der Waals surface area contributed by atoms with Gasteiger partial charge in [-0.25, -0.2) is 12.8 Å². The molecule has 0 aliphatic carbocycles. The molecule has 3 aromatic rings. The highest BCUT2D eigenvalue weighted by Crippen LogP contribution is 2.26. The van der Waals surface area contributed by atoms with Gasteiger partial charge in [-0.2, -0.15) is 0 Å². The van der Waals surface area contributed by atoms with Gasteiger partial charge in [-0.3, -0.25) is 9.10 Å². The number of sulfonamides is 1. The van der Waals surface area contributed by atoms with E-state index in [9.17, 15) is 17.6 Å². The molecule has 1 unspecified atom stereocenters. The van der Waals surface area contributed by atoms with Crippen molar-refractivity contribution in [3.8, 4) is 0 Å². The van der Waals surface area contributed by atoms with E-state index in [2.05, 4.69) is 12.2 Å². The van der Waals surface area contributed by atoms with Gasteiger partial charge in [0.2, 0.25) is 5.91 Å². The van der Waals surface area contributed by atoms with Crippen LogP contribution in [0.25, 0.3) is 0 Å². The van der Waals surface area contributed by atoms with Gasteiger partial charge in [-0.1, -0.05) is 61.5 Å². The third-order valence-corrected chi connectivity index (χ3v) is 6.78. The first-order chi connectivity index (χ1) is 14.8. The maximum absolute atomic E-state index is 14.5. The molecule has 0 bridgehead atoms. The van der Waals surface area contributed by atoms with Crippen molar-refractivity contribution in [1.82, 2.24) is 5.32 Å². The summed E-state index contributed by atoms with van der Waals surface area (Å²) in [6, 6.07) is 20.7. The van der Waals surface area contributed by atoms with Crippen molar-refractivity contribution in [1.29, 1.82) is 0 Å². The molecule has 7 heteroatoms. The number of rotatable bonds is 8. The Bertz CT molecular complexity index is 1130. The second-order valence-electron chi connectivity index (χ2n) is 7.16. The van der Waals surface area contributed by atoms with Crippen molar-refractivity contribution in [3.63, 3.8) is 0 Å². The fourth-order valence-electron chi connectivity index (χ4n) is 3.22. The van der Waals surface area contributed by atoms with E-state index in [4.69, 9.17) is 0 Å². The topological polar surface area (TPSA) is 66.5 Å². The number of hydrogen-bond acceptors (Lipinski definition) is 3. The van der Waals surface area contributed by atoms with E-state index >= 15 is 0 Å². The summed E-state index contributed by atoms with van der Waals surface area (Å²) in [5.41, 5.74) is 1.90. The van der Waals surface area contributed by atoms with Gasteiger partial charge >= 0.3 is 0 Å². The monoisotopic (exact) mass is 440 g/mol. The summed E-state index contributed by atoms with van der Waals surface area (Å²) in [7, 11) is -4.15. The fourth-order valence-corrected chi connectivity index (χ4v) is 4.67. The van der Waals surface area contributed by atoms with E-state index in [1.54, 1.807) is 18.2 Å². The van der Waals surface area contributed by atoms with Crippen LogP contribution in [-0.2, 0) is 21.2 Å². The van der Waals surface area contributed by atoms with Crippen molar-refractivity contribution >= 4 is 21.6 Å². The predicted molar refractivity (Wildman–Crippen MR) is 120 cm³/mol. The second-order valence-corrected chi connectivity index (χ2v) is 9.02. The highest BCUT2D eigenvalue weighted by atomic mass is 32.2. The average Bonchev–Trinajstić information content (AvgIpc) is 2.78. The van der Waals surface area contributed by atoms with Gasteiger partial charge in [0.05, 0.1) is 16.6 Å². The number of aryl methyl sites for hydroxylation is 1. The number of para-hydroxylation sites is 1. The molecule has 5 nitrogen and oxygen atoms in total. The first kappa shape index (κ1) is 22.5. The smallest absolute Gasteiger partial charge is 0.264 e. The fraction of sp³-hybridized carbons (Fsp3) is 0.208. The molecule has 0 aromatic heterocycles. The maximum atomic E-state index is 14.5. The lowest BCUT2D eigenvalue weighted by Crippen LogP contribution is -2.42. The summed E-state index contributed by atoms with van der Waals surface area (Å²) in [4.78, 5) is 12.8. The number of hydrogen-bond donors (Lipinski definition) is 1. The lowest BCUT2D eigenvalue weighted by atomic mass is 10.1. The van der Waals surface area contributed by atoms with Crippen LogP contribution in [0.15, 0.2) is 83.8 Å². The van der Waals surface area contributed by atoms with Gasteiger partial charge in [0.1, 0.15) is 12.4 Å². The first-order valence-electron chi connectivity index (χ1n) is 10.0. The summed E-state index contributed by atoms with van der Waals surface area (Å²) in [6.07, 6.45) is 0.913. The van der Waals surface area contributed by atoms with Crippen LogP contribution in [0.3, 0.4) is 0 Å². The minimum absolute atomic E-state index is 0.0192. The van der Waals surface area contributed by atoms with Gasteiger partial charge in [0.15, 0.2) is 0 Å². The van der Waals surface area contributed by atoms with Crippen LogP contribution in [0.5, 0.6) is 0 Å². The highest BCUT2D eigenvalue weighted by molar-refractivity contribution is 7.92. The normalized spacial score (nSPS) is 12.2. The van der Waals surface area contributed by atoms with Crippen LogP contribution in [-0.4, -0.2) is 20.9 Å². The van der Waals surface area contributed by atoms with Crippen molar-refractivity contribution in [2.75, 3.05) is 10.8 Å². The molecule has 162 valence electrons. The van der Waals surface area contributed by atoms with Crippen LogP contribution in [0.2, 0.25) is 0 Å². The lowest BCUT2D eigenvalue weighted by molar-refractivity contribution is -0.120. The van der Waals surface area contributed by atoms with Crippen LogP contribution in [0.1, 0.15) is 31.0 Å². The number of carbonyl (C=O) groups excluding carboxylic acids is 1. The molecule has 1 atom stereocenters. The standard InChI is InChI=1S/C24H25FN2O3S/c1-3-19-13-15-20(16-14-19)18(2)26-24(28)17-27(23-12-8-7-11-22(23)25)31(29,30)21-9-5-4-6-10-21/h4-16,18H,3,17H2,1-2H3,(H,26,28). The van der Waals surface area contributed by atoms with Crippen LogP contribution in [0.4, 0.5) is 10.1 Å². The van der Waals surface area contributed by atoms with Gasteiger partial charge < -0.3 is 5.32 Å². The number of carbonyl (C=O) groups is 1. The Balaban J connectivity index is 1.86. The van der Waals surface area contributed by atoms with Gasteiger partial charge in [-0.05, 0) is 48.7 Å². The molecule has 0 fully saturated rings. The minimum atomic E-state index is -4.15. The molecule has 0 spiro atoms. The van der Waals surface area contributed by atoms with Crippen molar-refractivity contribution in [3.05, 3.63) is 95.8 Å². The molecule has 0 aliphatic rings. The van der Waals surface area contributed by atoms with Crippen LogP contribution >= 0.6 is 0 Å². The number of nitrogens with one attached hydrogen (secondary N) is 1. The predicted octanol–water partition coefficient (Wildman–Crippen LogP) is 4.46. The van der Waals surface area contributed by atoms with E-state index in [1.165, 1.54) is 42.0 Å². The molecule has 0 heterocycles. The molecule has 3 aromatic carbocycles. The van der Waals surface area contributed by atoms with Crippen molar-refractivity contribution in [2.24, 2.45) is 0 Å². The lowest BCUT2D eigenvalue weighted by Gasteiger charge is -2.25. The van der Waals surface area contributed by atoms with E-state index in [-0.39, 0.29) is 16.6 Å². The molecular formula is C24H25FN2O3S. The summed E-state index contributed by atoms with van der Waals surface area (Å²) < 4.78 is 41.8. The Morgan fingerprint density at radius 1 is 0.968 bits per heavy atom. The van der Waals surface area contributed by atoms with Crippen LogP contribution in [0, 0.1) is 5.82 Å². The van der Waals surface area contributed by atoms with E-state index in [1.807, 2.05) is 31.2 Å². The molecule has 1 N–H and O–H groups in total. The molecule has 1 amide bonds. The summed E-state index contributed by atoms with van der Waals surface area (Å²) >= 11 is 0. The van der Waals surface area contributed by atoms with Crippen molar-refractivity contribution < 1.29 is 17.6 Å². The number of nitrogens with zero attached hydrogens (tertiary/aromatic N) is 1. The second kappa shape index (κ2) is 9.75. The number of benzene rings is 3. The Labute approximate surface area is 182 Å². The average molecular weight is 441 g/mol. The van der Waals surface area contributed by atoms with Gasteiger partial charge in [-0.15, -0.1) is 0 Å². The SMILES string of the molecule is CCc1ccc(C(C)NC(=O)CN(c2ccccc2F)S(=O)(=O)c2ccccc2)cc1. The zero-order valence-corrected chi connectivity index (χ0v) is 18.3. The van der Waals surface area contributed by atoms with E-state index < -0.39 is 28.3 Å². The maximum Gasteiger partial charge on any atom is 0.264 e. The van der Waals surface area contributed by atoms with Gasteiger partial charge in [0.25, 0.3) is 10.0 Å². The largest absolute Gasteiger partial charge is 0.348 e. The molecule has 0 radical (unpaired) electrons. The zero-order chi connectivity index (χ0) is 22.4. The molecule has 3 rings (SSSR count). The molecule has 31 heavy (non-hydrogen) atoms. The Morgan fingerprint density at radius 2 is 1.58 bits per heavy atom. The summed E-state index contributed by atoms with van der Waals surface area (Å²) in [6.45, 7) is 3.33. The van der Waals surface area contributed by atoms with Crippen molar-refractivity contribution in [2.45, 2.75) is 31.2 Å². The number of amides is 1. The van der Waals surface area contributed by atoms with E-state index in [0.717, 1.165) is 16.3 Å². The van der Waals surface area contributed by atoms with Crippen LogP contribution < -0.4 is 9.62 Å². The van der Waals surface area contributed by atoms with E-state index in [0.29, 0.717) is 0 Å². The molecule has 0 aliphatic heterocycles. The van der Waals surface area contributed by atoms with Gasteiger partial charge in [0, 0.05) is 0 Å². The summed E-state index contributed by atoms with van der Waals surface area (Å²) in [5, 5.41) is 2.81. The summed E-state index contributed by atoms with van der Waals surface area (Å²) in [5.74, 6) is -1.26. The highest BCUT2D eigenvalue weighted by Gasteiger charge is 2.29. The Hall–Kier alpha value is -3.19. The quantitative estimate of drug-likeness (QED) is 0.562. The third kappa shape index (κ3) is 5.30. The first-order valence-corrected chi connectivity index (χ1v) is 11.5. The Kier molecular flexibility index (Phi) is 7.07. The molecular weight excluding hydrogens is 415 g/mol. The number of halogens is 1.